The van der Waals surface area contributed by atoms with Gasteiger partial charge in [-0.2, -0.15) is 8.78 Å². The van der Waals surface area contributed by atoms with Gasteiger partial charge in [-0.25, -0.2) is 4.99 Å². The van der Waals surface area contributed by atoms with Gasteiger partial charge in [-0.15, -0.1) is 24.0 Å². The zero-order valence-corrected chi connectivity index (χ0v) is 20.0. The van der Waals surface area contributed by atoms with Gasteiger partial charge in [-0.3, -0.25) is 4.79 Å². The van der Waals surface area contributed by atoms with Gasteiger partial charge in [0.1, 0.15) is 5.75 Å². The molecule has 1 fully saturated rings. The lowest BCUT2D eigenvalue weighted by Crippen LogP contribution is -2.47. The van der Waals surface area contributed by atoms with E-state index in [0.29, 0.717) is 23.0 Å². The third-order valence-corrected chi connectivity index (χ3v) is 5.03. The fraction of sp³-hybridized carbons (Fsp3) is 0.600. The molecule has 1 aliphatic carbocycles. The largest absolute Gasteiger partial charge is 0.454 e. The first-order valence-corrected chi connectivity index (χ1v) is 10.0. The maximum absolute atomic E-state index is 12.8. The van der Waals surface area contributed by atoms with Crippen molar-refractivity contribution in [3.8, 4) is 17.2 Å². The zero-order valence-electron chi connectivity index (χ0n) is 17.7. The number of likely N-dealkylation sites (N-methyl/N-ethyl adjacent to an activating group) is 1. The molecular formula is C20H29F2IN4O4. The van der Waals surface area contributed by atoms with Gasteiger partial charge in [-0.1, -0.05) is 19.3 Å². The first-order chi connectivity index (χ1) is 14.4. The van der Waals surface area contributed by atoms with Crippen molar-refractivity contribution in [2.24, 2.45) is 4.99 Å². The number of hydrogen-bond donors (Lipinski definition) is 2. The number of rotatable bonds is 7. The van der Waals surface area contributed by atoms with Crippen LogP contribution in [0.4, 0.5) is 8.78 Å². The molecule has 1 amide bonds. The number of nitrogens with zero attached hydrogens (tertiary/aromatic N) is 2. The van der Waals surface area contributed by atoms with Gasteiger partial charge in [0.05, 0.1) is 13.1 Å². The molecule has 1 heterocycles. The number of carbonyl (C=O) groups is 1. The number of carbonyl (C=O) groups excluding carboxylic acids is 1. The van der Waals surface area contributed by atoms with Crippen molar-refractivity contribution in [3.63, 3.8) is 0 Å². The Kier molecular flexibility index (Phi) is 9.85. The van der Waals surface area contributed by atoms with Gasteiger partial charge in [0, 0.05) is 31.8 Å². The number of hydrogen-bond acceptors (Lipinski definition) is 5. The molecule has 0 aromatic heterocycles. The number of nitrogens with one attached hydrogen (secondary N) is 2. The Morgan fingerprint density at radius 3 is 2.55 bits per heavy atom. The Morgan fingerprint density at radius 2 is 1.90 bits per heavy atom. The normalized spacial score (nSPS) is 16.0. The average molecular weight is 554 g/mol. The molecule has 1 aromatic rings. The van der Waals surface area contributed by atoms with Crippen LogP contribution in [0, 0.1) is 0 Å². The molecule has 8 nitrogen and oxygen atoms in total. The van der Waals surface area contributed by atoms with E-state index < -0.39 is 6.61 Å². The molecule has 11 heteroatoms. The Hall–Kier alpha value is -2.05. The van der Waals surface area contributed by atoms with E-state index in [2.05, 4.69) is 20.4 Å². The number of aliphatic imine (C=N–C) groups is 1. The maximum atomic E-state index is 12.8. The van der Waals surface area contributed by atoms with Crippen molar-refractivity contribution < 1.29 is 27.8 Å². The molecule has 1 aliphatic heterocycles. The van der Waals surface area contributed by atoms with Gasteiger partial charge in [0.2, 0.25) is 12.7 Å². The summed E-state index contributed by atoms with van der Waals surface area (Å²) in [5.41, 5.74) is 0.434. The van der Waals surface area contributed by atoms with E-state index in [4.69, 9.17) is 9.47 Å². The van der Waals surface area contributed by atoms with Crippen LogP contribution in [-0.2, 0) is 11.3 Å². The van der Waals surface area contributed by atoms with Crippen molar-refractivity contribution in [1.29, 1.82) is 0 Å². The van der Waals surface area contributed by atoms with E-state index >= 15 is 0 Å². The summed E-state index contributed by atoms with van der Waals surface area (Å²) >= 11 is 0. The third-order valence-electron chi connectivity index (χ3n) is 5.03. The lowest BCUT2D eigenvalue weighted by molar-refractivity contribution is -0.127. The van der Waals surface area contributed by atoms with Crippen molar-refractivity contribution in [2.45, 2.75) is 51.3 Å². The number of halogens is 3. The highest BCUT2D eigenvalue weighted by atomic mass is 127. The fourth-order valence-electron chi connectivity index (χ4n) is 3.37. The Morgan fingerprint density at radius 1 is 1.23 bits per heavy atom. The van der Waals surface area contributed by atoms with Crippen LogP contribution < -0.4 is 24.8 Å². The van der Waals surface area contributed by atoms with Crippen LogP contribution in [0.25, 0.3) is 0 Å². The zero-order chi connectivity index (χ0) is 21.5. The topological polar surface area (TPSA) is 84.4 Å². The first kappa shape index (κ1) is 25.2. The minimum atomic E-state index is -2.97. The smallest absolute Gasteiger partial charge is 0.387 e. The molecule has 0 saturated heterocycles. The van der Waals surface area contributed by atoms with E-state index in [-0.39, 0.29) is 61.6 Å². The van der Waals surface area contributed by atoms with E-state index in [1.165, 1.54) is 17.4 Å². The summed E-state index contributed by atoms with van der Waals surface area (Å²) < 4.78 is 40.9. The molecule has 0 atom stereocenters. The van der Waals surface area contributed by atoms with Crippen LogP contribution in [0.5, 0.6) is 17.2 Å². The molecule has 0 unspecified atom stereocenters. The van der Waals surface area contributed by atoms with E-state index in [9.17, 15) is 13.6 Å². The Balaban J connectivity index is 0.00000341. The predicted octanol–water partition coefficient (Wildman–Crippen LogP) is 3.09. The quantitative estimate of drug-likeness (QED) is 0.306. The van der Waals surface area contributed by atoms with Gasteiger partial charge in [-0.05, 0) is 18.9 Å². The fourth-order valence-corrected chi connectivity index (χ4v) is 3.37. The van der Waals surface area contributed by atoms with Crippen LogP contribution in [0.2, 0.25) is 0 Å². The number of alkyl halides is 2. The van der Waals surface area contributed by atoms with E-state index in [1.807, 2.05) is 0 Å². The molecule has 31 heavy (non-hydrogen) atoms. The lowest BCUT2D eigenvalue weighted by Gasteiger charge is -2.25. The molecule has 1 aromatic carbocycles. The van der Waals surface area contributed by atoms with Crippen molar-refractivity contribution in [3.05, 3.63) is 17.7 Å². The molecule has 0 radical (unpaired) electrons. The minimum absolute atomic E-state index is 0. The second-order valence-corrected chi connectivity index (χ2v) is 7.48. The number of fused-ring (bicyclic) bond motifs is 1. The molecule has 2 aliphatic rings. The average Bonchev–Trinajstić information content (AvgIpc) is 3.17. The summed E-state index contributed by atoms with van der Waals surface area (Å²) in [7, 11) is 3.35. The molecule has 3 rings (SSSR count). The summed E-state index contributed by atoms with van der Waals surface area (Å²) in [4.78, 5) is 18.0. The van der Waals surface area contributed by atoms with Crippen LogP contribution in [-0.4, -0.2) is 56.9 Å². The third kappa shape index (κ3) is 7.54. The number of ether oxygens (including phenoxy) is 3. The van der Waals surface area contributed by atoms with E-state index in [0.717, 1.165) is 25.7 Å². The van der Waals surface area contributed by atoms with E-state index in [1.54, 1.807) is 20.2 Å². The molecule has 2 N–H and O–H groups in total. The SMILES string of the molecule is CN(C)C(=O)CNC(=NCc1cc2c(cc1OC(F)F)OCO2)NC1CCCCC1.I. The monoisotopic (exact) mass is 554 g/mol. The molecule has 1 saturated carbocycles. The van der Waals surface area contributed by atoms with Crippen molar-refractivity contribution >= 4 is 35.8 Å². The second-order valence-electron chi connectivity index (χ2n) is 7.48. The molecule has 0 spiro atoms. The van der Waals surface area contributed by atoms with Crippen LogP contribution >= 0.6 is 24.0 Å². The number of amides is 1. The summed E-state index contributed by atoms with van der Waals surface area (Å²) in [5.74, 6) is 1.16. The minimum Gasteiger partial charge on any atom is -0.454 e. The maximum Gasteiger partial charge on any atom is 0.387 e. The predicted molar refractivity (Wildman–Crippen MR) is 122 cm³/mol. The van der Waals surface area contributed by atoms with Gasteiger partial charge in [0.15, 0.2) is 17.5 Å². The summed E-state index contributed by atoms with van der Waals surface area (Å²) in [6.45, 7) is -2.80. The van der Waals surface area contributed by atoms with Gasteiger partial charge < -0.3 is 29.7 Å². The number of benzene rings is 1. The number of guanidine groups is 1. The van der Waals surface area contributed by atoms with Crippen LogP contribution in [0.3, 0.4) is 0 Å². The first-order valence-electron chi connectivity index (χ1n) is 10.0. The highest BCUT2D eigenvalue weighted by Gasteiger charge is 2.21. The molecule has 0 bridgehead atoms. The summed E-state index contributed by atoms with van der Waals surface area (Å²) in [6, 6.07) is 3.23. The van der Waals surface area contributed by atoms with Crippen molar-refractivity contribution in [2.75, 3.05) is 27.4 Å². The molecular weight excluding hydrogens is 525 g/mol. The molecule has 174 valence electrons. The lowest BCUT2D eigenvalue weighted by atomic mass is 9.96. The second kappa shape index (κ2) is 12.1. The van der Waals surface area contributed by atoms with Gasteiger partial charge in [0.25, 0.3) is 0 Å². The summed E-state index contributed by atoms with van der Waals surface area (Å²) in [5, 5.41) is 6.39. The summed E-state index contributed by atoms with van der Waals surface area (Å²) in [6.07, 6.45) is 5.52. The standard InChI is InChI=1S/C20H28F2N4O4.HI/c1-26(2)18(27)11-24-20(25-14-6-4-3-5-7-14)23-10-13-8-16-17(29-12-28-16)9-15(13)30-19(21)22;/h8-9,14,19H,3-7,10-12H2,1-2H3,(H2,23,24,25);1H. The Bertz CT molecular complexity index is 774. The Labute approximate surface area is 197 Å². The highest BCUT2D eigenvalue weighted by molar-refractivity contribution is 14.0. The van der Waals surface area contributed by atoms with Crippen LogP contribution in [0.1, 0.15) is 37.7 Å². The highest BCUT2D eigenvalue weighted by Crippen LogP contribution is 2.39. The van der Waals surface area contributed by atoms with Crippen molar-refractivity contribution in [1.82, 2.24) is 15.5 Å². The van der Waals surface area contributed by atoms with Gasteiger partial charge >= 0.3 is 6.61 Å². The van der Waals surface area contributed by atoms with Crippen LogP contribution in [0.15, 0.2) is 17.1 Å².